The quantitative estimate of drug-likeness (QED) is 0.229. The molecule has 1 aromatic rings. The van der Waals surface area contributed by atoms with E-state index in [1.807, 2.05) is 17.9 Å². The first-order chi connectivity index (χ1) is 8.71. The van der Waals surface area contributed by atoms with Crippen molar-refractivity contribution in [2.45, 2.75) is 39.7 Å². The molecule has 0 radical (unpaired) electrons. The number of hydrogen-bond acceptors (Lipinski definition) is 3. The van der Waals surface area contributed by atoms with Crippen molar-refractivity contribution in [3.05, 3.63) is 17.5 Å². The molecular formula is C12H24N6. The van der Waals surface area contributed by atoms with E-state index >= 15 is 0 Å². The van der Waals surface area contributed by atoms with Gasteiger partial charge in [0.2, 0.25) is 5.96 Å². The number of nitrogens with two attached hydrogens (primary N) is 1. The van der Waals surface area contributed by atoms with Crippen molar-refractivity contribution in [3.8, 4) is 0 Å². The summed E-state index contributed by atoms with van der Waals surface area (Å²) in [5, 5.41) is 7.56. The molecule has 0 spiro atoms. The molecule has 0 atom stereocenters. The van der Waals surface area contributed by atoms with Gasteiger partial charge in [0.15, 0.2) is 0 Å². The molecule has 0 aromatic carbocycles. The van der Waals surface area contributed by atoms with Gasteiger partial charge in [-0.3, -0.25) is 10.1 Å². The highest BCUT2D eigenvalue weighted by atomic mass is 15.3. The van der Waals surface area contributed by atoms with Crippen LogP contribution >= 0.6 is 0 Å². The van der Waals surface area contributed by atoms with Crippen LogP contribution in [0.5, 0.6) is 0 Å². The Hall–Kier alpha value is -1.56. The maximum Gasteiger partial charge on any atom is 0.206 e. The van der Waals surface area contributed by atoms with Gasteiger partial charge in [0.05, 0.1) is 12.2 Å². The fourth-order valence-corrected chi connectivity index (χ4v) is 1.71. The minimum atomic E-state index is 0.593. The lowest BCUT2D eigenvalue weighted by Gasteiger charge is -2.08. The Morgan fingerprint density at radius 3 is 2.89 bits per heavy atom. The summed E-state index contributed by atoms with van der Waals surface area (Å²) >= 11 is 0. The van der Waals surface area contributed by atoms with Crippen LogP contribution in [0.15, 0.2) is 11.2 Å². The summed E-state index contributed by atoms with van der Waals surface area (Å²) in [5.74, 6) is 6.06. The SMILES string of the molecule is CCCCNC(=NCc1cn(C)nc1CC)NN. The van der Waals surface area contributed by atoms with Crippen molar-refractivity contribution in [2.75, 3.05) is 6.54 Å². The summed E-state index contributed by atoms with van der Waals surface area (Å²) in [7, 11) is 1.92. The smallest absolute Gasteiger partial charge is 0.206 e. The van der Waals surface area contributed by atoms with E-state index in [2.05, 4.69) is 34.7 Å². The van der Waals surface area contributed by atoms with Gasteiger partial charge < -0.3 is 5.32 Å². The zero-order valence-electron chi connectivity index (χ0n) is 11.5. The van der Waals surface area contributed by atoms with E-state index in [-0.39, 0.29) is 0 Å². The van der Waals surface area contributed by atoms with Crippen LogP contribution in [-0.4, -0.2) is 22.3 Å². The summed E-state index contributed by atoms with van der Waals surface area (Å²) in [6, 6.07) is 0. The molecule has 0 saturated heterocycles. The lowest BCUT2D eigenvalue weighted by atomic mass is 10.2. The molecule has 0 fully saturated rings. The van der Waals surface area contributed by atoms with Gasteiger partial charge in [-0.05, 0) is 12.8 Å². The number of hydrazine groups is 1. The van der Waals surface area contributed by atoms with Gasteiger partial charge in [0, 0.05) is 25.4 Å². The lowest BCUT2D eigenvalue weighted by Crippen LogP contribution is -2.42. The summed E-state index contributed by atoms with van der Waals surface area (Å²) in [4.78, 5) is 4.42. The largest absolute Gasteiger partial charge is 0.355 e. The Morgan fingerprint density at radius 1 is 1.50 bits per heavy atom. The third-order valence-electron chi connectivity index (χ3n) is 2.69. The molecule has 1 rings (SSSR count). The zero-order valence-corrected chi connectivity index (χ0v) is 11.5. The second-order valence-electron chi connectivity index (χ2n) is 4.22. The summed E-state index contributed by atoms with van der Waals surface area (Å²) < 4.78 is 1.82. The number of nitrogens with zero attached hydrogens (tertiary/aromatic N) is 3. The van der Waals surface area contributed by atoms with E-state index in [1.165, 1.54) is 0 Å². The summed E-state index contributed by atoms with van der Waals surface area (Å²) in [6.45, 7) is 5.72. The standard InChI is InChI=1S/C12H24N6/c1-4-6-7-14-12(16-13)15-8-10-9-18(3)17-11(10)5-2/h9H,4-8,13H2,1-3H3,(H2,14,15,16). The highest BCUT2D eigenvalue weighted by molar-refractivity contribution is 5.79. The van der Waals surface area contributed by atoms with Gasteiger partial charge in [-0.2, -0.15) is 5.10 Å². The Bertz CT molecular complexity index is 382. The molecule has 102 valence electrons. The Morgan fingerprint density at radius 2 is 2.28 bits per heavy atom. The first-order valence-electron chi connectivity index (χ1n) is 6.47. The molecule has 6 nitrogen and oxygen atoms in total. The van der Waals surface area contributed by atoms with Crippen LogP contribution in [0.1, 0.15) is 37.9 Å². The molecule has 0 bridgehead atoms. The van der Waals surface area contributed by atoms with Gasteiger partial charge in [-0.1, -0.05) is 20.3 Å². The molecule has 4 N–H and O–H groups in total. The molecule has 0 unspecified atom stereocenters. The van der Waals surface area contributed by atoms with Crippen molar-refractivity contribution >= 4 is 5.96 Å². The van der Waals surface area contributed by atoms with Crippen LogP contribution in [0, 0.1) is 0 Å². The first-order valence-corrected chi connectivity index (χ1v) is 6.47. The summed E-state index contributed by atoms with van der Waals surface area (Å²) in [6.07, 6.45) is 5.17. The third-order valence-corrected chi connectivity index (χ3v) is 2.69. The molecule has 1 aromatic heterocycles. The number of aliphatic imine (C=N–C) groups is 1. The molecule has 0 aliphatic rings. The molecule has 1 heterocycles. The van der Waals surface area contributed by atoms with Crippen molar-refractivity contribution < 1.29 is 0 Å². The number of aromatic nitrogens is 2. The monoisotopic (exact) mass is 252 g/mol. The van der Waals surface area contributed by atoms with Crippen LogP contribution in [0.4, 0.5) is 0 Å². The molecule has 0 aliphatic heterocycles. The van der Waals surface area contributed by atoms with E-state index in [0.29, 0.717) is 12.5 Å². The molecular weight excluding hydrogens is 228 g/mol. The van der Waals surface area contributed by atoms with Crippen LogP contribution in [0.25, 0.3) is 0 Å². The van der Waals surface area contributed by atoms with Gasteiger partial charge in [0.1, 0.15) is 0 Å². The highest BCUT2D eigenvalue weighted by Crippen LogP contribution is 2.08. The van der Waals surface area contributed by atoms with Crippen LogP contribution in [0.3, 0.4) is 0 Å². The molecule has 6 heteroatoms. The van der Waals surface area contributed by atoms with Crippen LogP contribution in [0.2, 0.25) is 0 Å². The maximum absolute atomic E-state index is 5.43. The highest BCUT2D eigenvalue weighted by Gasteiger charge is 2.05. The molecule has 0 aliphatic carbocycles. The van der Waals surface area contributed by atoms with Crippen LogP contribution in [-0.2, 0) is 20.0 Å². The van der Waals surface area contributed by atoms with Gasteiger partial charge in [0.25, 0.3) is 0 Å². The first kappa shape index (κ1) is 14.5. The van der Waals surface area contributed by atoms with Gasteiger partial charge >= 0.3 is 0 Å². The van der Waals surface area contributed by atoms with E-state index < -0.39 is 0 Å². The van der Waals surface area contributed by atoms with Crippen molar-refractivity contribution in [1.82, 2.24) is 20.5 Å². The average Bonchev–Trinajstić information content (AvgIpc) is 2.74. The number of guanidine groups is 1. The fraction of sp³-hybridized carbons (Fsp3) is 0.667. The zero-order chi connectivity index (χ0) is 13.4. The summed E-state index contributed by atoms with van der Waals surface area (Å²) in [5.41, 5.74) is 4.82. The minimum absolute atomic E-state index is 0.593. The van der Waals surface area contributed by atoms with Crippen LogP contribution < -0.4 is 16.6 Å². The van der Waals surface area contributed by atoms with E-state index in [0.717, 1.165) is 37.1 Å². The Kier molecular flexibility index (Phi) is 6.21. The average molecular weight is 252 g/mol. The number of nitrogens with one attached hydrogen (secondary N) is 2. The maximum atomic E-state index is 5.43. The Balaban J connectivity index is 2.58. The number of hydrogen-bond donors (Lipinski definition) is 3. The Labute approximate surface area is 109 Å². The molecule has 0 amide bonds. The number of unbranched alkanes of at least 4 members (excludes halogenated alkanes) is 1. The second kappa shape index (κ2) is 7.71. The van der Waals surface area contributed by atoms with E-state index in [9.17, 15) is 0 Å². The lowest BCUT2D eigenvalue weighted by molar-refractivity contribution is 0.731. The van der Waals surface area contributed by atoms with Gasteiger partial charge in [-0.15, -0.1) is 0 Å². The fourth-order valence-electron chi connectivity index (χ4n) is 1.71. The molecule has 18 heavy (non-hydrogen) atoms. The topological polar surface area (TPSA) is 80.3 Å². The van der Waals surface area contributed by atoms with Crippen molar-refractivity contribution in [3.63, 3.8) is 0 Å². The second-order valence-corrected chi connectivity index (χ2v) is 4.22. The predicted molar refractivity (Wildman–Crippen MR) is 74.0 cm³/mol. The van der Waals surface area contributed by atoms with E-state index in [4.69, 9.17) is 5.84 Å². The van der Waals surface area contributed by atoms with Crippen molar-refractivity contribution in [1.29, 1.82) is 0 Å². The van der Waals surface area contributed by atoms with Crippen molar-refractivity contribution in [2.24, 2.45) is 17.9 Å². The third kappa shape index (κ3) is 4.37. The predicted octanol–water partition coefficient (Wildman–Crippen LogP) is 0.692. The molecule has 0 saturated carbocycles. The van der Waals surface area contributed by atoms with E-state index in [1.54, 1.807) is 0 Å². The van der Waals surface area contributed by atoms with Gasteiger partial charge in [-0.25, -0.2) is 10.8 Å². The normalized spacial score (nSPS) is 11.7. The number of aryl methyl sites for hydroxylation is 2. The minimum Gasteiger partial charge on any atom is -0.355 e. The number of rotatable bonds is 6.